The van der Waals surface area contributed by atoms with Crippen molar-refractivity contribution in [2.45, 2.75) is 33.0 Å². The number of halogens is 3. The molecule has 0 unspecified atom stereocenters. The van der Waals surface area contributed by atoms with Crippen LogP contribution in [0.2, 0.25) is 0 Å². The summed E-state index contributed by atoms with van der Waals surface area (Å²) in [5, 5.41) is 11.6. The number of alkyl halides is 2. The Morgan fingerprint density at radius 3 is 2.57 bits per heavy atom. The number of guanidine groups is 1. The summed E-state index contributed by atoms with van der Waals surface area (Å²) in [5.74, 6) is 3.59. The lowest BCUT2D eigenvalue weighted by molar-refractivity contribution is -0.0498. The Balaban J connectivity index is 0.00000450. The minimum atomic E-state index is -2.82. The number of rotatable bonds is 10. The minimum absolute atomic E-state index is 0. The van der Waals surface area contributed by atoms with Gasteiger partial charge in [-0.2, -0.15) is 20.5 Å². The SMILES string of the molecule is CSCCCNC(=NCc1nnc(C)n1C)N(C)Cc1ccc(OC(F)F)cc1.I. The smallest absolute Gasteiger partial charge is 0.387 e. The van der Waals surface area contributed by atoms with Gasteiger partial charge in [0.2, 0.25) is 0 Å². The van der Waals surface area contributed by atoms with Crippen molar-refractivity contribution in [1.29, 1.82) is 0 Å². The molecule has 0 spiro atoms. The van der Waals surface area contributed by atoms with Crippen molar-refractivity contribution >= 4 is 41.7 Å². The van der Waals surface area contributed by atoms with E-state index >= 15 is 0 Å². The van der Waals surface area contributed by atoms with Crippen molar-refractivity contribution in [1.82, 2.24) is 25.0 Å². The summed E-state index contributed by atoms with van der Waals surface area (Å²) in [7, 11) is 3.85. The lowest BCUT2D eigenvalue weighted by Gasteiger charge is -2.23. The number of aliphatic imine (C=N–C) groups is 1. The molecule has 7 nitrogen and oxygen atoms in total. The van der Waals surface area contributed by atoms with Crippen molar-refractivity contribution in [3.8, 4) is 5.75 Å². The normalized spacial score (nSPS) is 11.4. The Morgan fingerprint density at radius 2 is 2.00 bits per heavy atom. The Morgan fingerprint density at radius 1 is 1.30 bits per heavy atom. The van der Waals surface area contributed by atoms with Crippen LogP contribution in [0.5, 0.6) is 5.75 Å². The number of nitrogens with one attached hydrogen (secondary N) is 1. The Labute approximate surface area is 197 Å². The number of thioether (sulfide) groups is 1. The van der Waals surface area contributed by atoms with Gasteiger partial charge in [-0.3, -0.25) is 0 Å². The second kappa shape index (κ2) is 13.6. The summed E-state index contributed by atoms with van der Waals surface area (Å²) in [6.07, 6.45) is 3.11. The molecule has 0 radical (unpaired) electrons. The van der Waals surface area contributed by atoms with Gasteiger partial charge in [0.05, 0.1) is 0 Å². The molecule has 0 bridgehead atoms. The fraction of sp³-hybridized carbons (Fsp3) is 0.526. The van der Waals surface area contributed by atoms with Crippen molar-refractivity contribution < 1.29 is 13.5 Å². The molecule has 1 heterocycles. The number of hydrogen-bond donors (Lipinski definition) is 1. The largest absolute Gasteiger partial charge is 0.435 e. The molecule has 1 N–H and O–H groups in total. The molecular weight excluding hydrogens is 525 g/mol. The molecule has 0 aliphatic heterocycles. The average molecular weight is 554 g/mol. The van der Waals surface area contributed by atoms with Crippen LogP contribution in [-0.4, -0.2) is 57.8 Å². The fourth-order valence-corrected chi connectivity index (χ4v) is 3.02. The standard InChI is InChI=1S/C19H28F2N6OS.HI/c1-14-24-25-17(27(14)3)12-23-19(22-10-5-11-29-4)26(2)13-15-6-8-16(9-7-15)28-18(20)21;/h6-9,18H,5,10-13H2,1-4H3,(H,22,23);1H. The van der Waals surface area contributed by atoms with E-state index in [-0.39, 0.29) is 29.7 Å². The summed E-state index contributed by atoms with van der Waals surface area (Å²) >= 11 is 1.80. The van der Waals surface area contributed by atoms with E-state index in [1.54, 1.807) is 36.0 Å². The summed E-state index contributed by atoms with van der Waals surface area (Å²) in [6, 6.07) is 6.62. The molecule has 0 aliphatic rings. The molecule has 1 aromatic carbocycles. The minimum Gasteiger partial charge on any atom is -0.435 e. The van der Waals surface area contributed by atoms with Gasteiger partial charge in [-0.15, -0.1) is 34.2 Å². The van der Waals surface area contributed by atoms with Crippen molar-refractivity contribution in [2.24, 2.45) is 12.0 Å². The lowest BCUT2D eigenvalue weighted by atomic mass is 10.2. The topological polar surface area (TPSA) is 67.6 Å². The van der Waals surface area contributed by atoms with Crippen LogP contribution in [-0.2, 0) is 20.1 Å². The summed E-state index contributed by atoms with van der Waals surface area (Å²) in [5.41, 5.74) is 0.960. The van der Waals surface area contributed by atoms with E-state index in [1.165, 1.54) is 0 Å². The van der Waals surface area contributed by atoms with E-state index in [0.29, 0.717) is 13.1 Å². The summed E-state index contributed by atoms with van der Waals surface area (Å²) in [4.78, 5) is 6.69. The van der Waals surface area contributed by atoms with Gasteiger partial charge in [0.15, 0.2) is 11.8 Å². The first kappa shape index (κ1) is 26.4. The van der Waals surface area contributed by atoms with E-state index in [1.807, 2.05) is 30.5 Å². The lowest BCUT2D eigenvalue weighted by Crippen LogP contribution is -2.39. The first-order valence-electron chi connectivity index (χ1n) is 9.27. The first-order valence-corrected chi connectivity index (χ1v) is 10.7. The van der Waals surface area contributed by atoms with E-state index < -0.39 is 6.61 Å². The predicted molar refractivity (Wildman–Crippen MR) is 128 cm³/mol. The molecule has 2 rings (SSSR count). The third-order valence-electron chi connectivity index (χ3n) is 4.29. The van der Waals surface area contributed by atoms with Crippen molar-refractivity contribution in [2.75, 3.05) is 25.6 Å². The highest BCUT2D eigenvalue weighted by atomic mass is 127. The molecule has 168 valence electrons. The molecule has 2 aromatic rings. The molecular formula is C19H29F2IN6OS. The summed E-state index contributed by atoms with van der Waals surface area (Å²) < 4.78 is 30.9. The van der Waals surface area contributed by atoms with Gasteiger partial charge in [-0.25, -0.2) is 4.99 Å². The van der Waals surface area contributed by atoms with Gasteiger partial charge in [-0.05, 0) is 43.0 Å². The number of nitrogens with zero attached hydrogens (tertiary/aromatic N) is 5. The van der Waals surface area contributed by atoms with E-state index in [2.05, 4.69) is 26.5 Å². The zero-order valence-corrected chi connectivity index (χ0v) is 20.8. The van der Waals surface area contributed by atoms with Crippen LogP contribution in [0.15, 0.2) is 29.3 Å². The average Bonchev–Trinajstić information content (AvgIpc) is 3.00. The van der Waals surface area contributed by atoms with Gasteiger partial charge in [0.25, 0.3) is 0 Å². The van der Waals surface area contributed by atoms with Crippen LogP contribution < -0.4 is 10.1 Å². The van der Waals surface area contributed by atoms with Gasteiger partial charge < -0.3 is 19.5 Å². The second-order valence-corrected chi connectivity index (χ2v) is 7.50. The highest BCUT2D eigenvalue weighted by Gasteiger charge is 2.10. The van der Waals surface area contributed by atoms with Gasteiger partial charge >= 0.3 is 6.61 Å². The van der Waals surface area contributed by atoms with E-state index in [4.69, 9.17) is 4.99 Å². The zero-order valence-electron chi connectivity index (χ0n) is 17.6. The molecule has 0 atom stereocenters. The number of benzene rings is 1. The molecule has 30 heavy (non-hydrogen) atoms. The van der Waals surface area contributed by atoms with Gasteiger partial charge in [0, 0.05) is 27.2 Å². The van der Waals surface area contributed by atoms with Crippen LogP contribution in [0, 0.1) is 6.92 Å². The maximum Gasteiger partial charge on any atom is 0.387 e. The number of ether oxygens (including phenoxy) is 1. The third-order valence-corrected chi connectivity index (χ3v) is 4.99. The second-order valence-electron chi connectivity index (χ2n) is 6.51. The Hall–Kier alpha value is -1.63. The first-order chi connectivity index (χ1) is 13.9. The quantitative estimate of drug-likeness (QED) is 0.209. The number of hydrogen-bond acceptors (Lipinski definition) is 5. The summed E-state index contributed by atoms with van der Waals surface area (Å²) in [6.45, 7) is 0.865. The molecule has 0 aliphatic carbocycles. The fourth-order valence-electron chi connectivity index (χ4n) is 2.59. The monoisotopic (exact) mass is 554 g/mol. The van der Waals surface area contributed by atoms with Crippen LogP contribution >= 0.6 is 35.7 Å². The van der Waals surface area contributed by atoms with Crippen LogP contribution in [0.25, 0.3) is 0 Å². The molecule has 0 fully saturated rings. The highest BCUT2D eigenvalue weighted by molar-refractivity contribution is 14.0. The van der Waals surface area contributed by atoms with Gasteiger partial charge in [0.1, 0.15) is 18.1 Å². The number of aromatic nitrogens is 3. The Kier molecular flexibility index (Phi) is 12.0. The van der Waals surface area contributed by atoms with Crippen molar-refractivity contribution in [3.63, 3.8) is 0 Å². The third kappa shape index (κ3) is 8.62. The van der Waals surface area contributed by atoms with Gasteiger partial charge in [-0.1, -0.05) is 12.1 Å². The zero-order chi connectivity index (χ0) is 21.2. The van der Waals surface area contributed by atoms with E-state index in [9.17, 15) is 8.78 Å². The van der Waals surface area contributed by atoms with E-state index in [0.717, 1.165) is 41.9 Å². The molecule has 0 saturated carbocycles. The van der Waals surface area contributed by atoms with Crippen LogP contribution in [0.4, 0.5) is 8.78 Å². The molecule has 1 aromatic heterocycles. The predicted octanol–water partition coefficient (Wildman–Crippen LogP) is 3.67. The maximum absolute atomic E-state index is 12.3. The molecule has 0 saturated heterocycles. The maximum atomic E-state index is 12.3. The van der Waals surface area contributed by atoms with Crippen molar-refractivity contribution in [3.05, 3.63) is 41.5 Å². The Bertz CT molecular complexity index is 788. The van der Waals surface area contributed by atoms with Crippen LogP contribution in [0.3, 0.4) is 0 Å². The molecule has 11 heteroatoms. The number of aryl methyl sites for hydroxylation is 1. The highest BCUT2D eigenvalue weighted by Crippen LogP contribution is 2.16. The van der Waals surface area contributed by atoms with Crippen LogP contribution in [0.1, 0.15) is 23.6 Å². The molecule has 0 amide bonds.